The van der Waals surface area contributed by atoms with Gasteiger partial charge in [0, 0.05) is 0 Å². The van der Waals surface area contributed by atoms with Crippen LogP contribution >= 0.6 is 0 Å². The third-order valence-electron chi connectivity index (χ3n) is 2.10. The number of rotatable bonds is 5. The van der Waals surface area contributed by atoms with Crippen molar-refractivity contribution in [3.05, 3.63) is 17.5 Å². The van der Waals surface area contributed by atoms with E-state index >= 15 is 0 Å². The first kappa shape index (κ1) is 11.2. The first-order valence-corrected chi connectivity index (χ1v) is 4.85. The number of hydrogen-bond acceptors (Lipinski definition) is 3. The fourth-order valence-electron chi connectivity index (χ4n) is 1.44. The Morgan fingerprint density at radius 1 is 1.73 bits per heavy atom. The highest BCUT2D eigenvalue weighted by Crippen LogP contribution is 2.11. The molecule has 0 aromatic carbocycles. The van der Waals surface area contributed by atoms with Crippen LogP contribution in [0.15, 0.2) is 6.20 Å². The quantitative estimate of drug-likeness (QED) is 0.792. The van der Waals surface area contributed by atoms with Gasteiger partial charge in [0.05, 0.1) is 30.9 Å². The second-order valence-electron chi connectivity index (χ2n) is 3.19. The van der Waals surface area contributed by atoms with Crippen molar-refractivity contribution in [2.24, 2.45) is 0 Å². The van der Waals surface area contributed by atoms with E-state index in [0.29, 0.717) is 25.1 Å². The highest BCUT2D eigenvalue weighted by Gasteiger charge is 2.15. The molecular weight excluding hydrogens is 194 g/mol. The van der Waals surface area contributed by atoms with Crippen molar-refractivity contribution in [2.45, 2.75) is 32.7 Å². The lowest BCUT2D eigenvalue weighted by molar-refractivity contribution is 0.0695. The van der Waals surface area contributed by atoms with E-state index in [9.17, 15) is 4.79 Å². The molecule has 0 aliphatic rings. The Morgan fingerprint density at radius 3 is 3.00 bits per heavy atom. The van der Waals surface area contributed by atoms with Gasteiger partial charge in [-0.25, -0.2) is 4.79 Å². The average Bonchev–Trinajstić information content (AvgIpc) is 2.59. The van der Waals surface area contributed by atoms with Gasteiger partial charge in [-0.2, -0.15) is 10.4 Å². The summed E-state index contributed by atoms with van der Waals surface area (Å²) < 4.78 is 1.61. The number of carbonyl (C=O) groups is 1. The predicted octanol–water partition coefficient (Wildman–Crippen LogP) is 1.45. The first-order valence-electron chi connectivity index (χ1n) is 4.85. The maximum Gasteiger partial charge on any atom is 0.339 e. The minimum absolute atomic E-state index is 0.245. The summed E-state index contributed by atoms with van der Waals surface area (Å²) >= 11 is 0. The molecule has 0 radical (unpaired) electrons. The summed E-state index contributed by atoms with van der Waals surface area (Å²) in [6.07, 6.45) is 3.23. The van der Waals surface area contributed by atoms with Gasteiger partial charge < -0.3 is 5.11 Å². The first-order chi connectivity index (χ1) is 7.20. The zero-order valence-corrected chi connectivity index (χ0v) is 8.60. The van der Waals surface area contributed by atoms with E-state index in [1.165, 1.54) is 6.20 Å². The van der Waals surface area contributed by atoms with Crippen LogP contribution in [0, 0.1) is 11.3 Å². The minimum atomic E-state index is -0.957. The van der Waals surface area contributed by atoms with Crippen molar-refractivity contribution >= 4 is 5.97 Å². The number of nitriles is 1. The van der Waals surface area contributed by atoms with Crippen LogP contribution < -0.4 is 0 Å². The van der Waals surface area contributed by atoms with E-state index in [-0.39, 0.29) is 5.56 Å². The number of nitrogens with zero attached hydrogens (tertiary/aromatic N) is 3. The van der Waals surface area contributed by atoms with E-state index in [4.69, 9.17) is 10.4 Å². The monoisotopic (exact) mass is 207 g/mol. The van der Waals surface area contributed by atoms with Crippen LogP contribution in [0.3, 0.4) is 0 Å². The maximum atomic E-state index is 10.9. The summed E-state index contributed by atoms with van der Waals surface area (Å²) in [7, 11) is 0. The van der Waals surface area contributed by atoms with Gasteiger partial charge in [-0.15, -0.1) is 0 Å². The Kier molecular flexibility index (Phi) is 3.86. The summed E-state index contributed by atoms with van der Waals surface area (Å²) in [5, 5.41) is 21.3. The molecule has 0 bridgehead atoms. The highest BCUT2D eigenvalue weighted by molar-refractivity contribution is 5.88. The van der Waals surface area contributed by atoms with Crippen LogP contribution in [0.1, 0.15) is 35.8 Å². The summed E-state index contributed by atoms with van der Waals surface area (Å²) in [6, 6.07) is 2.02. The molecule has 5 heteroatoms. The van der Waals surface area contributed by atoms with Gasteiger partial charge in [-0.3, -0.25) is 4.68 Å². The van der Waals surface area contributed by atoms with E-state index in [1.807, 2.05) is 13.0 Å². The molecule has 0 atom stereocenters. The van der Waals surface area contributed by atoms with E-state index in [1.54, 1.807) is 4.68 Å². The van der Waals surface area contributed by atoms with Crippen LogP contribution in [-0.4, -0.2) is 20.9 Å². The van der Waals surface area contributed by atoms with Crippen molar-refractivity contribution in [3.63, 3.8) is 0 Å². The van der Waals surface area contributed by atoms with Crippen molar-refractivity contribution < 1.29 is 9.90 Å². The van der Waals surface area contributed by atoms with E-state index < -0.39 is 5.97 Å². The average molecular weight is 207 g/mol. The van der Waals surface area contributed by atoms with Crippen molar-refractivity contribution in [1.82, 2.24) is 9.78 Å². The fraction of sp³-hybridized carbons (Fsp3) is 0.500. The lowest BCUT2D eigenvalue weighted by atomic mass is 10.1. The zero-order valence-electron chi connectivity index (χ0n) is 8.60. The number of aromatic carboxylic acids is 1. The lowest BCUT2D eigenvalue weighted by Gasteiger charge is -2.04. The zero-order chi connectivity index (χ0) is 11.3. The molecule has 1 aromatic rings. The number of hydrogen-bond donors (Lipinski definition) is 1. The Labute approximate surface area is 87.9 Å². The minimum Gasteiger partial charge on any atom is -0.478 e. The molecule has 1 aromatic heterocycles. The molecule has 5 nitrogen and oxygen atoms in total. The predicted molar refractivity (Wildman–Crippen MR) is 53.4 cm³/mol. The number of aryl methyl sites for hydroxylation is 1. The molecular formula is C10H13N3O2. The van der Waals surface area contributed by atoms with Crippen LogP contribution in [0.2, 0.25) is 0 Å². The molecule has 0 amide bonds. The third-order valence-corrected chi connectivity index (χ3v) is 2.10. The number of aromatic nitrogens is 2. The molecule has 1 heterocycles. The van der Waals surface area contributed by atoms with Crippen LogP contribution in [0.25, 0.3) is 0 Å². The summed E-state index contributed by atoms with van der Waals surface area (Å²) in [5.41, 5.74) is 0.954. The smallest absolute Gasteiger partial charge is 0.339 e. The van der Waals surface area contributed by atoms with Gasteiger partial charge in [0.1, 0.15) is 5.56 Å². The molecule has 0 saturated heterocycles. The molecule has 15 heavy (non-hydrogen) atoms. The van der Waals surface area contributed by atoms with Crippen molar-refractivity contribution in [3.8, 4) is 6.07 Å². The van der Waals surface area contributed by atoms with Gasteiger partial charge in [0.15, 0.2) is 0 Å². The Morgan fingerprint density at radius 2 is 2.47 bits per heavy atom. The second-order valence-corrected chi connectivity index (χ2v) is 3.19. The molecule has 0 fully saturated rings. The largest absolute Gasteiger partial charge is 0.478 e. The SMILES string of the molecule is CCCc1c(C(=O)O)cnn1CCC#N. The van der Waals surface area contributed by atoms with Gasteiger partial charge in [0.2, 0.25) is 0 Å². The Balaban J connectivity index is 2.96. The molecule has 0 saturated carbocycles. The van der Waals surface area contributed by atoms with Gasteiger partial charge >= 0.3 is 5.97 Å². The van der Waals surface area contributed by atoms with E-state index in [2.05, 4.69) is 5.10 Å². The molecule has 0 aliphatic heterocycles. The molecule has 0 spiro atoms. The van der Waals surface area contributed by atoms with Gasteiger partial charge in [0.25, 0.3) is 0 Å². The third kappa shape index (κ3) is 2.56. The normalized spacial score (nSPS) is 9.87. The van der Waals surface area contributed by atoms with E-state index in [0.717, 1.165) is 6.42 Å². The fourth-order valence-corrected chi connectivity index (χ4v) is 1.44. The molecule has 1 rings (SSSR count). The standard InChI is InChI=1S/C10H13N3O2/c1-2-4-9-8(10(14)15)7-12-13(9)6-3-5-11/h7H,2-4,6H2,1H3,(H,14,15). The lowest BCUT2D eigenvalue weighted by Crippen LogP contribution is -2.08. The van der Waals surface area contributed by atoms with Crippen LogP contribution in [0.5, 0.6) is 0 Å². The summed E-state index contributed by atoms with van der Waals surface area (Å²) in [5.74, 6) is -0.957. The molecule has 0 aliphatic carbocycles. The van der Waals surface area contributed by atoms with Crippen molar-refractivity contribution in [1.29, 1.82) is 5.26 Å². The summed E-state index contributed by atoms with van der Waals surface area (Å²) in [6.45, 7) is 2.44. The molecule has 1 N–H and O–H groups in total. The topological polar surface area (TPSA) is 78.9 Å². The molecule has 80 valence electrons. The number of carboxylic acids is 1. The van der Waals surface area contributed by atoms with Crippen LogP contribution in [0.4, 0.5) is 0 Å². The molecule has 0 unspecified atom stereocenters. The number of carboxylic acid groups (broad SMARTS) is 1. The second kappa shape index (κ2) is 5.15. The maximum absolute atomic E-state index is 10.9. The van der Waals surface area contributed by atoms with Gasteiger partial charge in [-0.1, -0.05) is 13.3 Å². The van der Waals surface area contributed by atoms with Crippen molar-refractivity contribution in [2.75, 3.05) is 0 Å². The highest BCUT2D eigenvalue weighted by atomic mass is 16.4. The Hall–Kier alpha value is -1.83. The Bertz CT molecular complexity index is 390. The summed E-state index contributed by atoms with van der Waals surface area (Å²) in [4.78, 5) is 10.9. The van der Waals surface area contributed by atoms with Gasteiger partial charge in [-0.05, 0) is 6.42 Å². The van der Waals surface area contributed by atoms with Crippen LogP contribution in [-0.2, 0) is 13.0 Å².